The molecule has 1 aliphatic heterocycles. The molecule has 1 aliphatic rings. The molecule has 23 heavy (non-hydrogen) atoms. The summed E-state index contributed by atoms with van der Waals surface area (Å²) in [5, 5.41) is 4.23. The number of hydrogen-bond donors (Lipinski definition) is 1. The van der Waals surface area contributed by atoms with Crippen LogP contribution in [0, 0.1) is 5.41 Å². The molecule has 0 saturated carbocycles. The van der Waals surface area contributed by atoms with Crippen molar-refractivity contribution in [1.29, 1.82) is 0 Å². The van der Waals surface area contributed by atoms with E-state index in [1.165, 1.54) is 9.08 Å². The lowest BCUT2D eigenvalue weighted by Gasteiger charge is -2.22. The third kappa shape index (κ3) is 3.40. The van der Waals surface area contributed by atoms with Crippen LogP contribution in [0.3, 0.4) is 0 Å². The lowest BCUT2D eigenvalue weighted by Crippen LogP contribution is -2.35. The van der Waals surface area contributed by atoms with Gasteiger partial charge in [-0.05, 0) is 30.5 Å². The zero-order valence-corrected chi connectivity index (χ0v) is 14.0. The fourth-order valence-electron chi connectivity index (χ4n) is 2.88. The second-order valence-electron chi connectivity index (χ2n) is 6.26. The molecule has 0 aromatic carbocycles. The number of likely N-dealkylation sites (tertiary alicyclic amines) is 1. The van der Waals surface area contributed by atoms with E-state index in [1.807, 2.05) is 11.0 Å². The first kappa shape index (κ1) is 17.5. The van der Waals surface area contributed by atoms with Crippen molar-refractivity contribution in [2.24, 2.45) is 11.1 Å². The number of rotatable bonds is 4. The van der Waals surface area contributed by atoms with E-state index in [4.69, 9.17) is 5.73 Å². The molecule has 1 atom stereocenters. The monoisotopic (exact) mass is 339 g/mol. The second-order valence-corrected chi connectivity index (χ2v) is 6.26. The molecule has 0 spiro atoms. The van der Waals surface area contributed by atoms with Gasteiger partial charge in [-0.1, -0.05) is 13.0 Å². The largest absolute Gasteiger partial charge is 0.350 e. The van der Waals surface area contributed by atoms with Crippen molar-refractivity contribution in [3.05, 3.63) is 34.9 Å². The number of halogens is 1. The van der Waals surface area contributed by atoms with Gasteiger partial charge in [-0.2, -0.15) is 0 Å². The summed E-state index contributed by atoms with van der Waals surface area (Å²) in [6, 6.07) is 5.38. The van der Waals surface area contributed by atoms with E-state index in [0.717, 1.165) is 13.0 Å². The number of aryl methyl sites for hydroxylation is 1. The molecule has 7 nitrogen and oxygen atoms in total. The van der Waals surface area contributed by atoms with E-state index in [9.17, 15) is 9.59 Å². The van der Waals surface area contributed by atoms with Crippen molar-refractivity contribution in [2.45, 2.75) is 26.3 Å². The molecule has 0 radical (unpaired) electrons. The zero-order valence-electron chi connectivity index (χ0n) is 13.1. The highest BCUT2D eigenvalue weighted by atomic mass is 35.5. The summed E-state index contributed by atoms with van der Waals surface area (Å²) in [4.78, 5) is 26.3. The van der Waals surface area contributed by atoms with Gasteiger partial charge < -0.3 is 10.6 Å². The van der Waals surface area contributed by atoms with E-state index in [2.05, 4.69) is 12.0 Å². The molecule has 0 bridgehead atoms. The molecule has 1 unspecified atom stereocenters. The fourth-order valence-corrected chi connectivity index (χ4v) is 2.88. The number of nitrogens with zero attached hydrogens (tertiary/aromatic N) is 4. The first-order valence-electron chi connectivity index (χ1n) is 7.54. The lowest BCUT2D eigenvalue weighted by molar-refractivity contribution is -0.130. The molecule has 2 N–H and O–H groups in total. The highest BCUT2D eigenvalue weighted by Crippen LogP contribution is 2.28. The summed E-state index contributed by atoms with van der Waals surface area (Å²) in [6.45, 7) is 4.43. The molecule has 126 valence electrons. The van der Waals surface area contributed by atoms with E-state index in [-0.39, 0.29) is 35.8 Å². The Labute approximate surface area is 140 Å². The van der Waals surface area contributed by atoms with Crippen LogP contribution in [0.4, 0.5) is 0 Å². The summed E-state index contributed by atoms with van der Waals surface area (Å²) in [5.41, 5.74) is 6.17. The summed E-state index contributed by atoms with van der Waals surface area (Å²) in [6.07, 6.45) is 2.89. The van der Waals surface area contributed by atoms with Gasteiger partial charge in [0.1, 0.15) is 0 Å². The summed E-state index contributed by atoms with van der Waals surface area (Å²) in [7, 11) is 0. The number of nitrogens with two attached hydrogens (primary N) is 1. The quantitative estimate of drug-likeness (QED) is 0.879. The van der Waals surface area contributed by atoms with E-state index in [0.29, 0.717) is 25.3 Å². The number of amides is 1. The van der Waals surface area contributed by atoms with Crippen molar-refractivity contribution in [1.82, 2.24) is 19.1 Å². The van der Waals surface area contributed by atoms with Gasteiger partial charge in [0.2, 0.25) is 5.91 Å². The Morgan fingerprint density at radius 1 is 1.43 bits per heavy atom. The molecule has 1 amide bonds. The van der Waals surface area contributed by atoms with Gasteiger partial charge in [-0.15, -0.1) is 17.5 Å². The SMILES string of the molecule is CC1(CN)CCN(C(=O)CCn2nc3ccccn3c2=O)C1.Cl. The molecular formula is C15H22ClN5O2. The van der Waals surface area contributed by atoms with Crippen molar-refractivity contribution in [2.75, 3.05) is 19.6 Å². The number of carbonyl (C=O) groups excluding carboxylic acids is 1. The Bertz CT molecular complexity index is 756. The predicted octanol–water partition coefficient (Wildman–Crippen LogP) is 0.505. The lowest BCUT2D eigenvalue weighted by atomic mass is 9.90. The minimum Gasteiger partial charge on any atom is -0.342 e. The van der Waals surface area contributed by atoms with Crippen LogP contribution in [0.1, 0.15) is 19.8 Å². The van der Waals surface area contributed by atoms with Crippen LogP contribution >= 0.6 is 12.4 Å². The zero-order chi connectivity index (χ0) is 15.7. The van der Waals surface area contributed by atoms with Crippen LogP contribution in [0.2, 0.25) is 0 Å². The minimum atomic E-state index is -0.211. The van der Waals surface area contributed by atoms with Gasteiger partial charge in [-0.25, -0.2) is 9.48 Å². The predicted molar refractivity (Wildman–Crippen MR) is 89.7 cm³/mol. The summed E-state index contributed by atoms with van der Waals surface area (Å²) in [5.74, 6) is 0.0566. The molecule has 3 rings (SSSR count). The number of aromatic nitrogens is 3. The average molecular weight is 340 g/mol. The molecule has 3 heterocycles. The third-order valence-electron chi connectivity index (χ3n) is 4.43. The van der Waals surface area contributed by atoms with Gasteiger partial charge in [0.25, 0.3) is 0 Å². The number of carbonyl (C=O) groups is 1. The van der Waals surface area contributed by atoms with Crippen LogP contribution in [0.25, 0.3) is 5.65 Å². The molecule has 1 saturated heterocycles. The van der Waals surface area contributed by atoms with Crippen molar-refractivity contribution >= 4 is 24.0 Å². The first-order chi connectivity index (χ1) is 10.5. The Morgan fingerprint density at radius 2 is 2.22 bits per heavy atom. The molecule has 1 fully saturated rings. The summed E-state index contributed by atoms with van der Waals surface area (Å²) >= 11 is 0. The standard InChI is InChI=1S/C15H21N5O2.ClH/c1-15(10-16)6-9-18(11-15)13(21)5-8-20-14(22)19-7-3-2-4-12(19)17-20;/h2-4,7H,5-6,8-11,16H2,1H3;1H. The maximum atomic E-state index is 12.3. The Morgan fingerprint density at radius 3 is 2.87 bits per heavy atom. The smallest absolute Gasteiger partial charge is 0.342 e. The van der Waals surface area contributed by atoms with Crippen molar-refractivity contribution in [3.63, 3.8) is 0 Å². The van der Waals surface area contributed by atoms with Gasteiger partial charge in [0, 0.05) is 25.7 Å². The number of pyridine rings is 1. The van der Waals surface area contributed by atoms with Crippen LogP contribution in [0.15, 0.2) is 29.2 Å². The minimum absolute atomic E-state index is 0. The third-order valence-corrected chi connectivity index (χ3v) is 4.43. The van der Waals surface area contributed by atoms with Crippen LogP contribution < -0.4 is 11.4 Å². The van der Waals surface area contributed by atoms with Gasteiger partial charge in [0.15, 0.2) is 5.65 Å². The van der Waals surface area contributed by atoms with Crippen LogP contribution in [-0.4, -0.2) is 44.6 Å². The highest BCUT2D eigenvalue weighted by molar-refractivity contribution is 5.85. The van der Waals surface area contributed by atoms with Gasteiger partial charge in [0.05, 0.1) is 6.54 Å². The second kappa shape index (κ2) is 6.72. The molecular weight excluding hydrogens is 318 g/mol. The van der Waals surface area contributed by atoms with E-state index >= 15 is 0 Å². The average Bonchev–Trinajstić information content (AvgIpc) is 3.07. The normalized spacial score (nSPS) is 20.7. The maximum absolute atomic E-state index is 12.3. The van der Waals surface area contributed by atoms with Crippen molar-refractivity contribution in [3.8, 4) is 0 Å². The first-order valence-corrected chi connectivity index (χ1v) is 7.54. The van der Waals surface area contributed by atoms with Crippen molar-refractivity contribution < 1.29 is 4.79 Å². The molecule has 2 aromatic rings. The van der Waals surface area contributed by atoms with E-state index < -0.39 is 0 Å². The van der Waals surface area contributed by atoms with E-state index in [1.54, 1.807) is 18.3 Å². The number of hydrogen-bond acceptors (Lipinski definition) is 4. The Kier molecular flexibility index (Phi) is 5.11. The maximum Gasteiger partial charge on any atom is 0.350 e. The Balaban J connectivity index is 0.00000192. The molecule has 0 aliphatic carbocycles. The topological polar surface area (TPSA) is 85.6 Å². The van der Waals surface area contributed by atoms with Crippen LogP contribution in [-0.2, 0) is 11.3 Å². The summed E-state index contributed by atoms with van der Waals surface area (Å²) < 4.78 is 2.83. The highest BCUT2D eigenvalue weighted by Gasteiger charge is 2.34. The fraction of sp³-hybridized carbons (Fsp3) is 0.533. The molecule has 8 heteroatoms. The van der Waals surface area contributed by atoms with Crippen LogP contribution in [0.5, 0.6) is 0 Å². The van der Waals surface area contributed by atoms with Gasteiger partial charge >= 0.3 is 5.69 Å². The van der Waals surface area contributed by atoms with Gasteiger partial charge in [-0.3, -0.25) is 9.20 Å². The Hall–Kier alpha value is -1.86. The molecule has 2 aromatic heterocycles. The number of fused-ring (bicyclic) bond motifs is 1.